The molecule has 0 spiro atoms. The summed E-state index contributed by atoms with van der Waals surface area (Å²) < 4.78 is 17.6. The lowest BCUT2D eigenvalue weighted by Gasteiger charge is -2.09. The van der Waals surface area contributed by atoms with Crippen molar-refractivity contribution < 1.29 is 18.8 Å². The van der Waals surface area contributed by atoms with Crippen LogP contribution in [0.3, 0.4) is 0 Å². The second-order valence-electron chi connectivity index (χ2n) is 6.98. The molecule has 1 amide bonds. The summed E-state index contributed by atoms with van der Waals surface area (Å²) in [6.45, 7) is 1.82. The molecule has 9 heteroatoms. The number of halogens is 1. The van der Waals surface area contributed by atoms with E-state index in [2.05, 4.69) is 20.4 Å². The minimum Gasteiger partial charge on any atom is -0.392 e. The third-order valence-corrected chi connectivity index (χ3v) is 4.61. The van der Waals surface area contributed by atoms with Crippen molar-refractivity contribution in [2.75, 3.05) is 5.32 Å². The van der Waals surface area contributed by atoms with Crippen LogP contribution in [0.4, 0.5) is 10.1 Å². The average molecular weight is 409 g/mol. The Labute approximate surface area is 171 Å². The second-order valence-corrected chi connectivity index (χ2v) is 6.98. The van der Waals surface area contributed by atoms with Crippen LogP contribution in [0.25, 0.3) is 17.0 Å². The highest BCUT2D eigenvalue weighted by molar-refractivity contribution is 6.04. The van der Waals surface area contributed by atoms with Gasteiger partial charge in [0.2, 0.25) is 12.2 Å². The smallest absolute Gasteiger partial charge is 0.274 e. The molecule has 0 unspecified atom stereocenters. The van der Waals surface area contributed by atoms with Crippen molar-refractivity contribution in [3.63, 3.8) is 0 Å². The quantitative estimate of drug-likeness (QED) is 0.534. The number of benzene rings is 1. The summed E-state index contributed by atoms with van der Waals surface area (Å²) in [7, 11) is 0. The SMILES string of the molecule is Cc1ccc(-c2ncon2)cc1NC(=O)c1cnc2cc(CO)ccn12.FC1CC1. The molecule has 0 radical (unpaired) electrons. The Balaban J connectivity index is 0.000000489. The largest absolute Gasteiger partial charge is 0.392 e. The number of carbonyl (C=O) groups excluding carboxylic acids is 1. The van der Waals surface area contributed by atoms with E-state index in [4.69, 9.17) is 4.52 Å². The standard InChI is InChI=1S/C18H15N5O3.C3H5F/c1-11-2-3-13(17-20-10-26-22-17)7-14(11)21-18(25)15-8-19-16-6-12(9-24)4-5-23(15)16;4-3-1-2-3/h2-8,10,24H,9H2,1H3,(H,21,25);3H,1-2H2. The molecule has 0 aliphatic heterocycles. The fraction of sp³-hybridized carbons (Fsp3) is 0.238. The lowest BCUT2D eigenvalue weighted by Crippen LogP contribution is -2.15. The second kappa shape index (κ2) is 8.42. The van der Waals surface area contributed by atoms with Gasteiger partial charge in [0.25, 0.3) is 5.91 Å². The van der Waals surface area contributed by atoms with Crippen molar-refractivity contribution >= 4 is 17.2 Å². The first-order chi connectivity index (χ1) is 14.5. The van der Waals surface area contributed by atoms with Crippen molar-refractivity contribution in [3.05, 3.63) is 65.9 Å². The van der Waals surface area contributed by atoms with Gasteiger partial charge < -0.3 is 14.9 Å². The van der Waals surface area contributed by atoms with Crippen LogP contribution >= 0.6 is 0 Å². The number of carbonyl (C=O) groups is 1. The first-order valence-electron chi connectivity index (χ1n) is 9.45. The van der Waals surface area contributed by atoms with Gasteiger partial charge in [0, 0.05) is 17.4 Å². The number of rotatable bonds is 4. The normalized spacial score (nSPS) is 13.0. The summed E-state index contributed by atoms with van der Waals surface area (Å²) in [6.07, 6.45) is 5.70. The van der Waals surface area contributed by atoms with Crippen molar-refractivity contribution in [1.29, 1.82) is 0 Å². The number of imidazole rings is 1. The highest BCUT2D eigenvalue weighted by Gasteiger charge is 2.18. The molecule has 1 aliphatic carbocycles. The van der Waals surface area contributed by atoms with Gasteiger partial charge in [0.15, 0.2) is 0 Å². The number of pyridine rings is 1. The van der Waals surface area contributed by atoms with Crippen molar-refractivity contribution in [3.8, 4) is 11.4 Å². The number of alkyl halides is 1. The van der Waals surface area contributed by atoms with Crippen LogP contribution in [0.2, 0.25) is 0 Å². The van der Waals surface area contributed by atoms with Crippen molar-refractivity contribution in [2.45, 2.75) is 32.5 Å². The minimum absolute atomic E-state index is 0.0764. The summed E-state index contributed by atoms with van der Waals surface area (Å²) in [5.74, 6) is 0.162. The number of hydrogen-bond acceptors (Lipinski definition) is 6. The van der Waals surface area contributed by atoms with Crippen molar-refractivity contribution in [1.82, 2.24) is 19.5 Å². The molecule has 0 saturated heterocycles. The number of nitrogens with zero attached hydrogens (tertiary/aromatic N) is 4. The van der Waals surface area contributed by atoms with Crippen LogP contribution in [-0.4, -0.2) is 36.7 Å². The van der Waals surface area contributed by atoms with E-state index in [-0.39, 0.29) is 12.5 Å². The Morgan fingerprint density at radius 2 is 2.10 bits per heavy atom. The molecule has 3 heterocycles. The average Bonchev–Trinajstić information content (AvgIpc) is 3.22. The monoisotopic (exact) mass is 409 g/mol. The van der Waals surface area contributed by atoms with Crippen LogP contribution in [-0.2, 0) is 6.61 Å². The summed E-state index contributed by atoms with van der Waals surface area (Å²) in [4.78, 5) is 21.0. The van der Waals surface area contributed by atoms with Gasteiger partial charge in [-0.25, -0.2) is 9.37 Å². The lowest BCUT2D eigenvalue weighted by molar-refractivity contribution is 0.102. The zero-order valence-electron chi connectivity index (χ0n) is 16.2. The van der Waals surface area contributed by atoms with Gasteiger partial charge in [-0.15, -0.1) is 0 Å². The molecule has 1 fully saturated rings. The van der Waals surface area contributed by atoms with Crippen LogP contribution in [0, 0.1) is 6.92 Å². The minimum atomic E-state index is -0.417. The zero-order chi connectivity index (χ0) is 21.1. The van der Waals surface area contributed by atoms with E-state index < -0.39 is 6.17 Å². The predicted molar refractivity (Wildman–Crippen MR) is 108 cm³/mol. The Kier molecular flexibility index (Phi) is 5.53. The van der Waals surface area contributed by atoms with Crippen LogP contribution in [0.15, 0.2) is 53.6 Å². The number of nitrogens with one attached hydrogen (secondary N) is 1. The molecular formula is C21H20FN5O3. The van der Waals surface area contributed by atoms with Gasteiger partial charge in [-0.05, 0) is 49.1 Å². The summed E-state index contributed by atoms with van der Waals surface area (Å²) in [5, 5.41) is 15.9. The van der Waals surface area contributed by atoms with Crippen LogP contribution < -0.4 is 5.32 Å². The van der Waals surface area contributed by atoms with Gasteiger partial charge in [0.1, 0.15) is 17.5 Å². The van der Waals surface area contributed by atoms with Gasteiger partial charge in [-0.1, -0.05) is 17.3 Å². The molecule has 1 aromatic carbocycles. The molecule has 1 aliphatic rings. The molecule has 5 rings (SSSR count). The molecule has 0 bridgehead atoms. The molecule has 4 aromatic rings. The highest BCUT2D eigenvalue weighted by atomic mass is 19.1. The van der Waals surface area contributed by atoms with Crippen LogP contribution in [0.1, 0.15) is 34.5 Å². The van der Waals surface area contributed by atoms with E-state index in [1.54, 1.807) is 28.8 Å². The van der Waals surface area contributed by atoms with Gasteiger partial charge in [-0.3, -0.25) is 9.20 Å². The third kappa shape index (κ3) is 4.36. The maximum Gasteiger partial charge on any atom is 0.274 e. The van der Waals surface area contributed by atoms with E-state index in [1.165, 1.54) is 12.6 Å². The van der Waals surface area contributed by atoms with E-state index in [0.29, 0.717) is 22.9 Å². The number of aliphatic hydroxyl groups excluding tert-OH is 1. The first-order valence-corrected chi connectivity index (χ1v) is 9.45. The lowest BCUT2D eigenvalue weighted by atomic mass is 10.1. The van der Waals surface area contributed by atoms with E-state index >= 15 is 0 Å². The Hall–Kier alpha value is -3.59. The number of aryl methyl sites for hydroxylation is 1. The maximum atomic E-state index is 12.7. The molecule has 154 valence electrons. The van der Waals surface area contributed by atoms with E-state index in [9.17, 15) is 14.3 Å². The van der Waals surface area contributed by atoms with Gasteiger partial charge in [-0.2, -0.15) is 4.98 Å². The summed E-state index contributed by atoms with van der Waals surface area (Å²) >= 11 is 0. The fourth-order valence-corrected chi connectivity index (χ4v) is 2.73. The zero-order valence-corrected chi connectivity index (χ0v) is 16.2. The van der Waals surface area contributed by atoms with E-state index in [1.807, 2.05) is 19.1 Å². The molecule has 0 atom stereocenters. The predicted octanol–water partition coefficient (Wildman–Crippen LogP) is 3.56. The van der Waals surface area contributed by atoms with Crippen LogP contribution in [0.5, 0.6) is 0 Å². The number of fused-ring (bicyclic) bond motifs is 1. The number of anilines is 1. The number of amides is 1. The number of aromatic nitrogens is 4. The van der Waals surface area contributed by atoms with E-state index in [0.717, 1.165) is 29.5 Å². The number of hydrogen-bond donors (Lipinski definition) is 2. The third-order valence-electron chi connectivity index (χ3n) is 4.61. The molecule has 1 saturated carbocycles. The summed E-state index contributed by atoms with van der Waals surface area (Å²) in [5.41, 5.74) is 4.03. The van der Waals surface area contributed by atoms with Crippen molar-refractivity contribution in [2.24, 2.45) is 0 Å². The molecule has 3 aromatic heterocycles. The Bertz CT molecular complexity index is 1170. The van der Waals surface area contributed by atoms with Gasteiger partial charge >= 0.3 is 0 Å². The topological polar surface area (TPSA) is 106 Å². The molecule has 2 N–H and O–H groups in total. The molecule has 8 nitrogen and oxygen atoms in total. The van der Waals surface area contributed by atoms with Gasteiger partial charge in [0.05, 0.1) is 12.8 Å². The Morgan fingerprint density at radius 3 is 2.77 bits per heavy atom. The highest BCUT2D eigenvalue weighted by Crippen LogP contribution is 2.24. The number of aliphatic hydroxyl groups is 1. The molecule has 30 heavy (non-hydrogen) atoms. The first kappa shape index (κ1) is 19.7. The summed E-state index contributed by atoms with van der Waals surface area (Å²) in [6, 6.07) is 9.02. The fourth-order valence-electron chi connectivity index (χ4n) is 2.73. The molecular weight excluding hydrogens is 389 g/mol. The maximum absolute atomic E-state index is 12.7. The Morgan fingerprint density at radius 1 is 1.30 bits per heavy atom.